The molecule has 0 bridgehead atoms. The van der Waals surface area contributed by atoms with Crippen molar-refractivity contribution >= 4 is 11.5 Å². The fourth-order valence-corrected chi connectivity index (χ4v) is 2.89. The van der Waals surface area contributed by atoms with E-state index in [0.717, 1.165) is 24.0 Å². The van der Waals surface area contributed by atoms with E-state index in [9.17, 15) is 4.79 Å². The highest BCUT2D eigenvalue weighted by Crippen LogP contribution is 2.33. The number of aryl methyl sites for hydroxylation is 1. The van der Waals surface area contributed by atoms with Gasteiger partial charge in [0.15, 0.2) is 0 Å². The Labute approximate surface area is 125 Å². The van der Waals surface area contributed by atoms with Crippen molar-refractivity contribution in [3.63, 3.8) is 0 Å². The molecule has 2 heteroatoms. The van der Waals surface area contributed by atoms with Crippen LogP contribution in [0.15, 0.2) is 60.7 Å². The van der Waals surface area contributed by atoms with E-state index in [1.54, 1.807) is 0 Å². The average Bonchev–Trinajstić information content (AvgIpc) is 2.75. The lowest BCUT2D eigenvalue weighted by molar-refractivity contribution is -0.143. The number of benzene rings is 2. The normalized spacial score (nSPS) is 17.4. The smallest absolute Gasteiger partial charge is 0.312 e. The minimum absolute atomic E-state index is 0.156. The first-order chi connectivity index (χ1) is 10.3. The molecule has 3 rings (SSSR count). The van der Waals surface area contributed by atoms with Crippen molar-refractivity contribution in [1.29, 1.82) is 0 Å². The standard InChI is InChI=1S/C19H18O2/c1-21-19(20)16-12-11-15-9-5-6-10-17(15)18(13-16)14-7-3-2-4-8-14/h2-10,13,16H,11-12H2,1H3. The summed E-state index contributed by atoms with van der Waals surface area (Å²) in [4.78, 5) is 12.0. The first kappa shape index (κ1) is 13.6. The highest BCUT2D eigenvalue weighted by molar-refractivity contribution is 5.86. The Morgan fingerprint density at radius 1 is 1.05 bits per heavy atom. The topological polar surface area (TPSA) is 26.3 Å². The second-order valence-electron chi connectivity index (χ2n) is 5.27. The monoisotopic (exact) mass is 278 g/mol. The lowest BCUT2D eigenvalue weighted by atomic mass is 9.93. The van der Waals surface area contributed by atoms with Gasteiger partial charge in [0.2, 0.25) is 0 Å². The zero-order valence-corrected chi connectivity index (χ0v) is 12.1. The molecule has 1 aliphatic carbocycles. The molecule has 2 aromatic rings. The molecule has 1 aliphatic rings. The van der Waals surface area contributed by atoms with Crippen LogP contribution in [-0.2, 0) is 16.0 Å². The maximum Gasteiger partial charge on any atom is 0.312 e. The Morgan fingerprint density at radius 3 is 2.52 bits per heavy atom. The van der Waals surface area contributed by atoms with Gasteiger partial charge in [-0.1, -0.05) is 60.7 Å². The second kappa shape index (κ2) is 5.96. The summed E-state index contributed by atoms with van der Waals surface area (Å²) in [6.07, 6.45) is 3.75. The number of carbonyl (C=O) groups is 1. The summed E-state index contributed by atoms with van der Waals surface area (Å²) in [6, 6.07) is 18.6. The summed E-state index contributed by atoms with van der Waals surface area (Å²) in [6.45, 7) is 0. The van der Waals surface area contributed by atoms with E-state index in [0.29, 0.717) is 0 Å². The molecular formula is C19H18O2. The van der Waals surface area contributed by atoms with Crippen LogP contribution in [0.25, 0.3) is 5.57 Å². The van der Waals surface area contributed by atoms with E-state index in [4.69, 9.17) is 4.74 Å². The zero-order chi connectivity index (χ0) is 14.7. The Kier molecular flexibility index (Phi) is 3.87. The lowest BCUT2D eigenvalue weighted by Gasteiger charge is -2.11. The van der Waals surface area contributed by atoms with Gasteiger partial charge in [0.25, 0.3) is 0 Å². The van der Waals surface area contributed by atoms with Crippen LogP contribution in [0, 0.1) is 5.92 Å². The van der Waals surface area contributed by atoms with Gasteiger partial charge in [-0.3, -0.25) is 4.79 Å². The van der Waals surface area contributed by atoms with Crippen LogP contribution in [0.1, 0.15) is 23.1 Å². The summed E-state index contributed by atoms with van der Waals surface area (Å²) in [7, 11) is 1.45. The van der Waals surface area contributed by atoms with Crippen LogP contribution in [0.5, 0.6) is 0 Å². The van der Waals surface area contributed by atoms with Crippen molar-refractivity contribution in [2.75, 3.05) is 7.11 Å². The van der Waals surface area contributed by atoms with Gasteiger partial charge >= 0.3 is 5.97 Å². The highest BCUT2D eigenvalue weighted by Gasteiger charge is 2.23. The number of methoxy groups -OCH3 is 1. The number of carbonyl (C=O) groups excluding carboxylic acids is 1. The molecule has 106 valence electrons. The van der Waals surface area contributed by atoms with Gasteiger partial charge in [0.05, 0.1) is 13.0 Å². The molecule has 0 heterocycles. The van der Waals surface area contributed by atoms with E-state index in [2.05, 4.69) is 36.4 Å². The van der Waals surface area contributed by atoms with Crippen molar-refractivity contribution < 1.29 is 9.53 Å². The minimum Gasteiger partial charge on any atom is -0.469 e. The van der Waals surface area contributed by atoms with Crippen LogP contribution in [0.3, 0.4) is 0 Å². The average molecular weight is 278 g/mol. The SMILES string of the molecule is COC(=O)C1C=C(c2ccccc2)c2ccccc2CC1. The predicted molar refractivity (Wildman–Crippen MR) is 83.8 cm³/mol. The molecule has 1 unspecified atom stereocenters. The van der Waals surface area contributed by atoms with Crippen LogP contribution in [0.4, 0.5) is 0 Å². The molecular weight excluding hydrogens is 260 g/mol. The Hall–Kier alpha value is -2.35. The summed E-state index contributed by atoms with van der Waals surface area (Å²) in [5.74, 6) is -0.339. The third-order valence-electron chi connectivity index (χ3n) is 3.99. The molecule has 0 amide bonds. The Morgan fingerprint density at radius 2 is 1.76 bits per heavy atom. The Balaban J connectivity index is 2.13. The number of ether oxygens (including phenoxy) is 1. The fourth-order valence-electron chi connectivity index (χ4n) is 2.89. The van der Waals surface area contributed by atoms with Crippen molar-refractivity contribution in [2.45, 2.75) is 12.8 Å². The van der Waals surface area contributed by atoms with Gasteiger partial charge in [-0.05, 0) is 35.1 Å². The molecule has 0 N–H and O–H groups in total. The summed E-state index contributed by atoms with van der Waals surface area (Å²) in [5, 5.41) is 0. The predicted octanol–water partition coefficient (Wildman–Crippen LogP) is 3.85. The summed E-state index contributed by atoms with van der Waals surface area (Å²) < 4.78 is 4.94. The van der Waals surface area contributed by atoms with Crippen LogP contribution in [-0.4, -0.2) is 13.1 Å². The van der Waals surface area contributed by atoms with Gasteiger partial charge in [-0.15, -0.1) is 0 Å². The molecule has 0 aliphatic heterocycles. The molecule has 21 heavy (non-hydrogen) atoms. The minimum atomic E-state index is -0.183. The lowest BCUT2D eigenvalue weighted by Crippen LogP contribution is -2.14. The fraction of sp³-hybridized carbons (Fsp3) is 0.211. The molecule has 2 aromatic carbocycles. The number of rotatable bonds is 2. The molecule has 0 fully saturated rings. The first-order valence-corrected chi connectivity index (χ1v) is 7.23. The maximum absolute atomic E-state index is 12.0. The van der Waals surface area contributed by atoms with Gasteiger partial charge in [0.1, 0.15) is 0 Å². The number of fused-ring (bicyclic) bond motifs is 1. The third-order valence-corrected chi connectivity index (χ3v) is 3.99. The van der Waals surface area contributed by atoms with E-state index in [1.165, 1.54) is 18.2 Å². The number of hydrogen-bond donors (Lipinski definition) is 0. The van der Waals surface area contributed by atoms with E-state index in [-0.39, 0.29) is 11.9 Å². The van der Waals surface area contributed by atoms with Crippen molar-refractivity contribution in [3.05, 3.63) is 77.4 Å². The van der Waals surface area contributed by atoms with Crippen LogP contribution in [0.2, 0.25) is 0 Å². The molecule has 0 spiro atoms. The quantitative estimate of drug-likeness (QED) is 0.780. The third kappa shape index (κ3) is 2.75. The number of esters is 1. The molecule has 0 aromatic heterocycles. The van der Waals surface area contributed by atoms with Crippen LogP contribution < -0.4 is 0 Å². The summed E-state index contributed by atoms with van der Waals surface area (Å²) in [5.41, 5.74) is 4.77. The van der Waals surface area contributed by atoms with Crippen molar-refractivity contribution in [3.8, 4) is 0 Å². The van der Waals surface area contributed by atoms with Crippen molar-refractivity contribution in [1.82, 2.24) is 0 Å². The van der Waals surface area contributed by atoms with Gasteiger partial charge in [-0.25, -0.2) is 0 Å². The largest absolute Gasteiger partial charge is 0.469 e. The molecule has 1 atom stereocenters. The Bertz CT molecular complexity index is 671. The second-order valence-corrected chi connectivity index (χ2v) is 5.27. The van der Waals surface area contributed by atoms with E-state index < -0.39 is 0 Å². The van der Waals surface area contributed by atoms with Gasteiger partial charge in [0, 0.05) is 0 Å². The van der Waals surface area contributed by atoms with Crippen molar-refractivity contribution in [2.24, 2.45) is 5.92 Å². The highest BCUT2D eigenvalue weighted by atomic mass is 16.5. The first-order valence-electron chi connectivity index (χ1n) is 7.23. The molecule has 0 saturated carbocycles. The van der Waals surface area contributed by atoms with Crippen LogP contribution >= 0.6 is 0 Å². The zero-order valence-electron chi connectivity index (χ0n) is 12.1. The molecule has 0 radical (unpaired) electrons. The number of hydrogen-bond acceptors (Lipinski definition) is 2. The maximum atomic E-state index is 12.0. The van der Waals surface area contributed by atoms with E-state index >= 15 is 0 Å². The van der Waals surface area contributed by atoms with E-state index in [1.807, 2.05) is 24.3 Å². The van der Waals surface area contributed by atoms with Gasteiger partial charge in [-0.2, -0.15) is 0 Å². The molecule has 2 nitrogen and oxygen atoms in total. The molecule has 0 saturated heterocycles. The van der Waals surface area contributed by atoms with Gasteiger partial charge < -0.3 is 4.74 Å². The summed E-state index contributed by atoms with van der Waals surface area (Å²) >= 11 is 0.